The van der Waals surface area contributed by atoms with Crippen LogP contribution in [0.5, 0.6) is 0 Å². The molecular formula is C20H21ClF3N3O. The van der Waals surface area contributed by atoms with Crippen LogP contribution in [-0.4, -0.2) is 31.7 Å². The summed E-state index contributed by atoms with van der Waals surface area (Å²) >= 11 is 6.39. The quantitative estimate of drug-likeness (QED) is 0.698. The van der Waals surface area contributed by atoms with Crippen molar-refractivity contribution in [3.8, 4) is 0 Å². The molecule has 1 aliphatic rings. The number of carbonyl (C=O) groups excluding carboxylic acids is 1. The average molecular weight is 412 g/mol. The SMILES string of the molecule is O=C(NCC(F)(F)F)c1ccc(CNc2c(Cl)ccc3c2CCNCC3)cc1. The van der Waals surface area contributed by atoms with E-state index in [1.165, 1.54) is 23.3 Å². The van der Waals surface area contributed by atoms with Crippen molar-refractivity contribution < 1.29 is 18.0 Å². The number of fused-ring (bicyclic) bond motifs is 1. The van der Waals surface area contributed by atoms with Gasteiger partial charge >= 0.3 is 6.18 Å². The van der Waals surface area contributed by atoms with E-state index in [0.717, 1.165) is 37.2 Å². The zero-order valence-corrected chi connectivity index (χ0v) is 15.9. The van der Waals surface area contributed by atoms with Crippen LogP contribution in [0.25, 0.3) is 0 Å². The van der Waals surface area contributed by atoms with Crippen molar-refractivity contribution in [2.45, 2.75) is 25.6 Å². The summed E-state index contributed by atoms with van der Waals surface area (Å²) in [5.74, 6) is -0.749. The predicted octanol–water partition coefficient (Wildman–Crippen LogP) is 3.93. The third-order valence-electron chi connectivity index (χ3n) is 4.62. The molecule has 0 fully saturated rings. The summed E-state index contributed by atoms with van der Waals surface area (Å²) < 4.78 is 36.6. The fourth-order valence-corrected chi connectivity index (χ4v) is 3.43. The summed E-state index contributed by atoms with van der Waals surface area (Å²) in [6.45, 7) is 0.978. The maximum Gasteiger partial charge on any atom is 0.405 e. The minimum absolute atomic E-state index is 0.186. The van der Waals surface area contributed by atoms with Gasteiger partial charge in [-0.15, -0.1) is 0 Å². The molecule has 3 rings (SSSR count). The van der Waals surface area contributed by atoms with E-state index in [1.54, 1.807) is 12.1 Å². The van der Waals surface area contributed by atoms with Gasteiger partial charge < -0.3 is 16.0 Å². The van der Waals surface area contributed by atoms with Gasteiger partial charge in [-0.3, -0.25) is 4.79 Å². The first kappa shape index (κ1) is 20.5. The van der Waals surface area contributed by atoms with Crippen LogP contribution < -0.4 is 16.0 Å². The van der Waals surface area contributed by atoms with E-state index in [-0.39, 0.29) is 5.56 Å². The van der Waals surface area contributed by atoms with Gasteiger partial charge in [-0.1, -0.05) is 29.8 Å². The Bertz CT molecular complexity index is 838. The normalized spacial score (nSPS) is 14.1. The van der Waals surface area contributed by atoms with Crippen LogP contribution in [0, 0.1) is 0 Å². The third-order valence-corrected chi connectivity index (χ3v) is 4.93. The Morgan fingerprint density at radius 3 is 2.50 bits per heavy atom. The highest BCUT2D eigenvalue weighted by Crippen LogP contribution is 2.31. The highest BCUT2D eigenvalue weighted by Gasteiger charge is 2.27. The van der Waals surface area contributed by atoms with Crippen molar-refractivity contribution in [1.82, 2.24) is 10.6 Å². The van der Waals surface area contributed by atoms with Gasteiger partial charge in [0.05, 0.1) is 10.7 Å². The number of alkyl halides is 3. The Balaban J connectivity index is 1.65. The number of amides is 1. The second kappa shape index (κ2) is 8.84. The second-order valence-corrected chi connectivity index (χ2v) is 7.07. The molecule has 0 atom stereocenters. The van der Waals surface area contributed by atoms with Gasteiger partial charge in [-0.2, -0.15) is 13.2 Å². The molecule has 1 amide bonds. The number of benzene rings is 2. The lowest BCUT2D eigenvalue weighted by Gasteiger charge is -2.16. The Kier molecular flexibility index (Phi) is 6.46. The van der Waals surface area contributed by atoms with Gasteiger partial charge in [0, 0.05) is 12.1 Å². The summed E-state index contributed by atoms with van der Waals surface area (Å²) in [7, 11) is 0. The van der Waals surface area contributed by atoms with Crippen molar-refractivity contribution in [2.75, 3.05) is 25.0 Å². The topological polar surface area (TPSA) is 53.2 Å². The summed E-state index contributed by atoms with van der Waals surface area (Å²) in [6, 6.07) is 10.4. The minimum atomic E-state index is -4.43. The van der Waals surface area contributed by atoms with Crippen molar-refractivity contribution in [3.05, 3.63) is 63.7 Å². The molecule has 1 heterocycles. The van der Waals surface area contributed by atoms with Gasteiger partial charge in [-0.25, -0.2) is 0 Å². The smallest absolute Gasteiger partial charge is 0.380 e. The molecule has 2 aromatic rings. The number of halogens is 4. The number of hydrogen-bond donors (Lipinski definition) is 3. The third kappa shape index (κ3) is 5.39. The van der Waals surface area contributed by atoms with Crippen LogP contribution in [-0.2, 0) is 19.4 Å². The van der Waals surface area contributed by atoms with E-state index in [0.29, 0.717) is 11.6 Å². The molecule has 28 heavy (non-hydrogen) atoms. The molecule has 0 aromatic heterocycles. The van der Waals surface area contributed by atoms with Gasteiger partial charge in [0.2, 0.25) is 0 Å². The zero-order valence-electron chi connectivity index (χ0n) is 15.1. The van der Waals surface area contributed by atoms with Crippen molar-refractivity contribution in [3.63, 3.8) is 0 Å². The van der Waals surface area contributed by atoms with Crippen LogP contribution >= 0.6 is 11.6 Å². The summed E-state index contributed by atoms with van der Waals surface area (Å²) in [5.41, 5.74) is 4.47. The lowest BCUT2D eigenvalue weighted by atomic mass is 10.0. The molecule has 0 aliphatic carbocycles. The molecule has 4 nitrogen and oxygen atoms in total. The largest absolute Gasteiger partial charge is 0.405 e. The molecule has 2 aromatic carbocycles. The zero-order chi connectivity index (χ0) is 20.1. The first-order chi connectivity index (χ1) is 13.3. The Hall–Kier alpha value is -2.25. The molecule has 0 bridgehead atoms. The van der Waals surface area contributed by atoms with Crippen LogP contribution in [0.3, 0.4) is 0 Å². The van der Waals surface area contributed by atoms with E-state index in [4.69, 9.17) is 11.6 Å². The monoisotopic (exact) mass is 411 g/mol. The van der Waals surface area contributed by atoms with E-state index in [1.807, 2.05) is 11.4 Å². The Morgan fingerprint density at radius 2 is 1.79 bits per heavy atom. The number of nitrogens with one attached hydrogen (secondary N) is 3. The highest BCUT2D eigenvalue weighted by atomic mass is 35.5. The predicted molar refractivity (Wildman–Crippen MR) is 104 cm³/mol. The fourth-order valence-electron chi connectivity index (χ4n) is 3.18. The summed E-state index contributed by atoms with van der Waals surface area (Å²) in [6.07, 6.45) is -2.60. The number of carbonyl (C=O) groups is 1. The van der Waals surface area contributed by atoms with Crippen molar-refractivity contribution in [2.24, 2.45) is 0 Å². The van der Waals surface area contributed by atoms with Gasteiger partial charge in [0.25, 0.3) is 5.91 Å². The standard InChI is InChI=1S/C20H21ClF3N3O/c21-17-6-5-14-7-9-25-10-8-16(14)18(17)26-11-13-1-3-15(4-2-13)19(28)27-12-20(22,23)24/h1-6,25-26H,7-12H2,(H,27,28). The first-order valence-corrected chi connectivity index (χ1v) is 9.40. The number of hydrogen-bond acceptors (Lipinski definition) is 3. The molecule has 3 N–H and O–H groups in total. The van der Waals surface area contributed by atoms with E-state index < -0.39 is 18.6 Å². The van der Waals surface area contributed by atoms with Crippen molar-refractivity contribution in [1.29, 1.82) is 0 Å². The van der Waals surface area contributed by atoms with E-state index in [9.17, 15) is 18.0 Å². The van der Waals surface area contributed by atoms with Crippen LogP contribution in [0.15, 0.2) is 36.4 Å². The number of anilines is 1. The molecule has 150 valence electrons. The maximum atomic E-state index is 12.2. The lowest BCUT2D eigenvalue weighted by Crippen LogP contribution is -2.33. The van der Waals surface area contributed by atoms with Crippen LogP contribution in [0.4, 0.5) is 18.9 Å². The lowest BCUT2D eigenvalue weighted by molar-refractivity contribution is -0.123. The fraction of sp³-hybridized carbons (Fsp3) is 0.350. The minimum Gasteiger partial charge on any atom is -0.380 e. The summed E-state index contributed by atoms with van der Waals surface area (Å²) in [4.78, 5) is 11.8. The second-order valence-electron chi connectivity index (χ2n) is 6.66. The molecule has 0 unspecified atom stereocenters. The Labute approximate surface area is 166 Å². The van der Waals surface area contributed by atoms with Gasteiger partial charge in [-0.05, 0) is 60.8 Å². The maximum absolute atomic E-state index is 12.2. The molecule has 0 spiro atoms. The highest BCUT2D eigenvalue weighted by molar-refractivity contribution is 6.33. The molecule has 0 radical (unpaired) electrons. The molecule has 1 aliphatic heterocycles. The van der Waals surface area contributed by atoms with Crippen LogP contribution in [0.1, 0.15) is 27.0 Å². The van der Waals surface area contributed by atoms with Gasteiger partial charge in [0.1, 0.15) is 6.54 Å². The molecule has 0 saturated heterocycles. The van der Waals surface area contributed by atoms with E-state index in [2.05, 4.69) is 16.7 Å². The number of rotatable bonds is 5. The van der Waals surface area contributed by atoms with E-state index >= 15 is 0 Å². The first-order valence-electron chi connectivity index (χ1n) is 9.02. The van der Waals surface area contributed by atoms with Crippen molar-refractivity contribution >= 4 is 23.2 Å². The average Bonchev–Trinajstić information content (AvgIpc) is 2.91. The van der Waals surface area contributed by atoms with Gasteiger partial charge in [0.15, 0.2) is 0 Å². The Morgan fingerprint density at radius 1 is 1.07 bits per heavy atom. The molecule has 8 heteroatoms. The summed E-state index contributed by atoms with van der Waals surface area (Å²) in [5, 5.41) is 9.26. The molecular weight excluding hydrogens is 391 g/mol. The molecule has 0 saturated carbocycles. The van der Waals surface area contributed by atoms with Crippen LogP contribution in [0.2, 0.25) is 5.02 Å².